The van der Waals surface area contributed by atoms with Gasteiger partial charge in [0.2, 0.25) is 0 Å². The van der Waals surface area contributed by atoms with Crippen LogP contribution in [0, 0.1) is 13.8 Å². The topological polar surface area (TPSA) is 38.3 Å². The van der Waals surface area contributed by atoms with Crippen molar-refractivity contribution >= 4 is 23.2 Å². The monoisotopic (exact) mass is 331 g/mol. The minimum Gasteiger partial charge on any atom is -0.481 e. The number of amides is 1. The fraction of sp³-hybridized carbons (Fsp3) is 0.316. The first-order valence-corrected chi connectivity index (χ1v) is 8.12. The first kappa shape index (κ1) is 17.4. The SMILES string of the molecule is CCc1cccc(C)c1NC(=O)[C@@H](C)Oc1ccc(Cl)c(C)c1. The molecule has 0 aromatic heterocycles. The third-order valence-corrected chi connectivity index (χ3v) is 4.22. The van der Waals surface area contributed by atoms with Gasteiger partial charge in [0.15, 0.2) is 6.10 Å². The zero-order valence-corrected chi connectivity index (χ0v) is 14.7. The highest BCUT2D eigenvalue weighted by atomic mass is 35.5. The van der Waals surface area contributed by atoms with Crippen LogP contribution in [-0.4, -0.2) is 12.0 Å². The molecule has 0 aliphatic carbocycles. The highest BCUT2D eigenvalue weighted by Gasteiger charge is 2.17. The molecule has 2 aromatic carbocycles. The van der Waals surface area contributed by atoms with Crippen molar-refractivity contribution in [2.24, 2.45) is 0 Å². The number of aryl methyl sites for hydroxylation is 3. The zero-order chi connectivity index (χ0) is 17.0. The molecule has 0 radical (unpaired) electrons. The van der Waals surface area contributed by atoms with Crippen molar-refractivity contribution in [1.29, 1.82) is 0 Å². The smallest absolute Gasteiger partial charge is 0.265 e. The molecule has 0 aliphatic heterocycles. The summed E-state index contributed by atoms with van der Waals surface area (Å²) in [7, 11) is 0. The molecule has 0 spiro atoms. The number of carbonyl (C=O) groups excluding carboxylic acids is 1. The molecule has 122 valence electrons. The summed E-state index contributed by atoms with van der Waals surface area (Å²) < 4.78 is 5.73. The van der Waals surface area contributed by atoms with Crippen LogP contribution in [0.3, 0.4) is 0 Å². The standard InChI is InChI=1S/C19H22ClNO2/c1-5-15-8-6-7-12(2)18(15)21-19(22)14(4)23-16-9-10-17(20)13(3)11-16/h6-11,14H,5H2,1-4H3,(H,21,22)/t14-/m1/s1. The summed E-state index contributed by atoms with van der Waals surface area (Å²) in [5.74, 6) is 0.469. The van der Waals surface area contributed by atoms with Gasteiger partial charge >= 0.3 is 0 Å². The predicted octanol–water partition coefficient (Wildman–Crippen LogP) is 4.93. The molecule has 2 aromatic rings. The van der Waals surface area contributed by atoms with Crippen LogP contribution in [0.2, 0.25) is 5.02 Å². The Morgan fingerprint density at radius 1 is 1.22 bits per heavy atom. The maximum Gasteiger partial charge on any atom is 0.265 e. The summed E-state index contributed by atoms with van der Waals surface area (Å²) >= 11 is 6.00. The van der Waals surface area contributed by atoms with Gasteiger partial charge in [-0.15, -0.1) is 0 Å². The number of carbonyl (C=O) groups is 1. The van der Waals surface area contributed by atoms with Gasteiger partial charge < -0.3 is 10.1 Å². The second-order valence-electron chi connectivity index (χ2n) is 5.62. The van der Waals surface area contributed by atoms with Gasteiger partial charge in [0.1, 0.15) is 5.75 Å². The summed E-state index contributed by atoms with van der Waals surface area (Å²) in [5, 5.41) is 3.67. The molecule has 2 rings (SSSR count). The van der Waals surface area contributed by atoms with Crippen molar-refractivity contribution in [1.82, 2.24) is 0 Å². The largest absolute Gasteiger partial charge is 0.481 e. The molecule has 4 heteroatoms. The quantitative estimate of drug-likeness (QED) is 0.844. The number of nitrogens with one attached hydrogen (secondary N) is 1. The predicted molar refractivity (Wildman–Crippen MR) is 95.5 cm³/mol. The van der Waals surface area contributed by atoms with Crippen LogP contribution in [0.4, 0.5) is 5.69 Å². The van der Waals surface area contributed by atoms with Gasteiger partial charge in [-0.3, -0.25) is 4.79 Å². The summed E-state index contributed by atoms with van der Waals surface area (Å²) in [6, 6.07) is 11.4. The maximum absolute atomic E-state index is 12.4. The van der Waals surface area contributed by atoms with E-state index in [1.807, 2.05) is 38.1 Å². The van der Waals surface area contributed by atoms with Crippen LogP contribution >= 0.6 is 11.6 Å². The summed E-state index contributed by atoms with van der Waals surface area (Å²) in [4.78, 5) is 12.4. The first-order chi connectivity index (χ1) is 10.9. The summed E-state index contributed by atoms with van der Waals surface area (Å²) in [5.41, 5.74) is 3.96. The molecule has 0 bridgehead atoms. The fourth-order valence-electron chi connectivity index (χ4n) is 2.37. The molecule has 1 atom stereocenters. The van der Waals surface area contributed by atoms with E-state index >= 15 is 0 Å². The molecular formula is C19H22ClNO2. The molecule has 0 saturated carbocycles. The molecule has 1 N–H and O–H groups in total. The second kappa shape index (κ2) is 7.51. The van der Waals surface area contributed by atoms with Crippen LogP contribution in [0.25, 0.3) is 0 Å². The number of para-hydroxylation sites is 1. The molecule has 0 heterocycles. The number of anilines is 1. The van der Waals surface area contributed by atoms with Crippen LogP contribution in [0.1, 0.15) is 30.5 Å². The summed E-state index contributed by atoms with van der Waals surface area (Å²) in [6.07, 6.45) is 0.267. The lowest BCUT2D eigenvalue weighted by Crippen LogP contribution is -2.30. The Hall–Kier alpha value is -2.00. The number of hydrogen-bond acceptors (Lipinski definition) is 2. The van der Waals surface area contributed by atoms with Gasteiger partial charge in [-0.25, -0.2) is 0 Å². The van der Waals surface area contributed by atoms with Crippen molar-refractivity contribution in [3.63, 3.8) is 0 Å². The first-order valence-electron chi connectivity index (χ1n) is 7.74. The highest BCUT2D eigenvalue weighted by molar-refractivity contribution is 6.31. The van der Waals surface area contributed by atoms with E-state index in [9.17, 15) is 4.79 Å². The Labute approximate surface area is 142 Å². The van der Waals surface area contributed by atoms with E-state index in [1.165, 1.54) is 0 Å². The van der Waals surface area contributed by atoms with Gasteiger partial charge in [0.25, 0.3) is 5.91 Å². The number of halogens is 1. The minimum absolute atomic E-state index is 0.165. The van der Waals surface area contributed by atoms with Crippen molar-refractivity contribution in [3.8, 4) is 5.75 Å². The number of ether oxygens (including phenoxy) is 1. The van der Waals surface area contributed by atoms with Crippen LogP contribution in [0.15, 0.2) is 36.4 Å². The molecule has 3 nitrogen and oxygen atoms in total. The van der Waals surface area contributed by atoms with Crippen LogP contribution < -0.4 is 10.1 Å². The van der Waals surface area contributed by atoms with E-state index in [4.69, 9.17) is 16.3 Å². The normalized spacial score (nSPS) is 11.9. The average Bonchev–Trinajstić information content (AvgIpc) is 2.52. The Morgan fingerprint density at radius 2 is 1.96 bits per heavy atom. The molecule has 23 heavy (non-hydrogen) atoms. The Morgan fingerprint density at radius 3 is 2.61 bits per heavy atom. The summed E-state index contributed by atoms with van der Waals surface area (Å²) in [6.45, 7) is 7.70. The van der Waals surface area contributed by atoms with Gasteiger partial charge in [-0.2, -0.15) is 0 Å². The number of rotatable bonds is 5. The lowest BCUT2D eigenvalue weighted by molar-refractivity contribution is -0.122. The van der Waals surface area contributed by atoms with Crippen LogP contribution in [0.5, 0.6) is 5.75 Å². The van der Waals surface area contributed by atoms with Gasteiger partial charge in [-0.1, -0.05) is 36.7 Å². The minimum atomic E-state index is -0.597. The Balaban J connectivity index is 2.10. The second-order valence-corrected chi connectivity index (χ2v) is 6.03. The van der Waals surface area contributed by atoms with Crippen molar-refractivity contribution < 1.29 is 9.53 Å². The molecule has 1 amide bonds. The van der Waals surface area contributed by atoms with E-state index in [0.717, 1.165) is 28.8 Å². The lowest BCUT2D eigenvalue weighted by atomic mass is 10.1. The molecule has 0 fully saturated rings. The molecule has 0 unspecified atom stereocenters. The van der Waals surface area contributed by atoms with Crippen molar-refractivity contribution in [3.05, 3.63) is 58.1 Å². The van der Waals surface area contributed by atoms with Gasteiger partial charge in [0.05, 0.1) is 0 Å². The lowest BCUT2D eigenvalue weighted by Gasteiger charge is -2.18. The van der Waals surface area contributed by atoms with E-state index in [2.05, 4.69) is 12.2 Å². The number of hydrogen-bond donors (Lipinski definition) is 1. The van der Waals surface area contributed by atoms with Crippen molar-refractivity contribution in [2.45, 2.75) is 40.2 Å². The molecule has 0 saturated heterocycles. The van der Waals surface area contributed by atoms with E-state index in [1.54, 1.807) is 19.1 Å². The molecular weight excluding hydrogens is 310 g/mol. The van der Waals surface area contributed by atoms with Crippen molar-refractivity contribution in [2.75, 3.05) is 5.32 Å². The van der Waals surface area contributed by atoms with Gasteiger partial charge in [0, 0.05) is 10.7 Å². The van der Waals surface area contributed by atoms with Crippen LogP contribution in [-0.2, 0) is 11.2 Å². The number of benzene rings is 2. The Bertz CT molecular complexity index is 713. The van der Waals surface area contributed by atoms with E-state index in [0.29, 0.717) is 10.8 Å². The molecule has 0 aliphatic rings. The van der Waals surface area contributed by atoms with E-state index < -0.39 is 6.10 Å². The third kappa shape index (κ3) is 4.26. The fourth-order valence-corrected chi connectivity index (χ4v) is 2.49. The Kier molecular flexibility index (Phi) is 5.67. The average molecular weight is 332 g/mol. The zero-order valence-electron chi connectivity index (χ0n) is 13.9. The maximum atomic E-state index is 12.4. The van der Waals surface area contributed by atoms with Gasteiger partial charge in [-0.05, 0) is 62.1 Å². The van der Waals surface area contributed by atoms with E-state index in [-0.39, 0.29) is 5.91 Å². The highest BCUT2D eigenvalue weighted by Crippen LogP contribution is 2.24. The third-order valence-electron chi connectivity index (χ3n) is 3.80.